The molecule has 0 radical (unpaired) electrons. The summed E-state index contributed by atoms with van der Waals surface area (Å²) in [6, 6.07) is 22.0. The third kappa shape index (κ3) is 7.30. The molecule has 2 atom stereocenters. The standard InChI is InChI=1S/C36H52N6/c1-7-19-31(20-8-1)33(37-35(39-23-11-3-12-24-39)40-25-13-4-14-26-40)34(32-21-9-2-10-22-32)38-36(41-27-15-5-16-28-41)42-29-17-6-18-30-42/h1-2,7-10,19-22,33-34H,3-6,11-18,23-30H2/t33-,34-/m0/s1. The lowest BCUT2D eigenvalue weighted by molar-refractivity contribution is 0.250. The van der Waals surface area contributed by atoms with Crippen LogP contribution in [0.3, 0.4) is 0 Å². The molecular weight excluding hydrogens is 516 g/mol. The average Bonchev–Trinajstić information content (AvgIpc) is 3.09. The van der Waals surface area contributed by atoms with Crippen molar-refractivity contribution in [2.45, 2.75) is 89.1 Å². The Labute approximate surface area is 254 Å². The molecule has 6 nitrogen and oxygen atoms in total. The summed E-state index contributed by atoms with van der Waals surface area (Å²) in [6.07, 6.45) is 15.4. The molecule has 0 saturated carbocycles. The molecule has 4 aliphatic rings. The first kappa shape index (κ1) is 29.1. The van der Waals surface area contributed by atoms with Crippen LogP contribution in [0.4, 0.5) is 0 Å². The van der Waals surface area contributed by atoms with Crippen molar-refractivity contribution in [3.63, 3.8) is 0 Å². The summed E-state index contributed by atoms with van der Waals surface area (Å²) in [5.74, 6) is 2.44. The van der Waals surface area contributed by atoms with Gasteiger partial charge in [-0.15, -0.1) is 0 Å². The van der Waals surface area contributed by atoms with E-state index in [9.17, 15) is 0 Å². The highest BCUT2D eigenvalue weighted by atomic mass is 15.4. The van der Waals surface area contributed by atoms with Crippen LogP contribution in [0.15, 0.2) is 70.6 Å². The van der Waals surface area contributed by atoms with Crippen molar-refractivity contribution < 1.29 is 0 Å². The van der Waals surface area contributed by atoms with Gasteiger partial charge in [0.2, 0.25) is 0 Å². The molecule has 4 saturated heterocycles. The quantitative estimate of drug-likeness (QED) is 0.284. The van der Waals surface area contributed by atoms with Gasteiger partial charge in [-0.1, -0.05) is 60.7 Å². The summed E-state index contributed by atoms with van der Waals surface area (Å²) in [7, 11) is 0. The Kier molecular flexibility index (Phi) is 10.3. The number of piperidine rings is 4. The summed E-state index contributed by atoms with van der Waals surface area (Å²) in [5, 5.41) is 0. The normalized spacial score (nSPS) is 21.4. The summed E-state index contributed by atoms with van der Waals surface area (Å²) in [4.78, 5) is 22.1. The zero-order valence-corrected chi connectivity index (χ0v) is 25.8. The Bertz CT molecular complexity index is 992. The van der Waals surface area contributed by atoms with Crippen molar-refractivity contribution in [1.82, 2.24) is 19.6 Å². The predicted molar refractivity (Wildman–Crippen MR) is 175 cm³/mol. The summed E-state index contributed by atoms with van der Waals surface area (Å²) in [5.41, 5.74) is 2.52. The molecule has 0 spiro atoms. The molecule has 0 amide bonds. The monoisotopic (exact) mass is 568 g/mol. The van der Waals surface area contributed by atoms with Crippen molar-refractivity contribution in [2.24, 2.45) is 9.98 Å². The SMILES string of the molecule is c1ccc([C@H](N=C(N2CCCCC2)N2CCCCC2)[C@@H](N=C(N2CCCCC2)N2CCCCC2)c2ccccc2)cc1. The van der Waals surface area contributed by atoms with Gasteiger partial charge < -0.3 is 19.6 Å². The molecular formula is C36H52N6. The molecule has 6 heteroatoms. The van der Waals surface area contributed by atoms with E-state index < -0.39 is 0 Å². The second-order valence-electron chi connectivity index (χ2n) is 12.8. The molecule has 0 bridgehead atoms. The van der Waals surface area contributed by atoms with Crippen molar-refractivity contribution in [3.8, 4) is 0 Å². The van der Waals surface area contributed by atoms with Gasteiger partial charge in [0.15, 0.2) is 11.9 Å². The van der Waals surface area contributed by atoms with Gasteiger partial charge in [-0.3, -0.25) is 0 Å². The van der Waals surface area contributed by atoms with E-state index in [1.54, 1.807) is 0 Å². The van der Waals surface area contributed by atoms with Crippen LogP contribution in [0.1, 0.15) is 100 Å². The second kappa shape index (κ2) is 14.9. The molecule has 0 unspecified atom stereocenters. The predicted octanol–water partition coefficient (Wildman–Crippen LogP) is 7.12. The molecule has 2 aromatic rings. The Balaban J connectivity index is 1.48. The van der Waals surface area contributed by atoms with Crippen molar-refractivity contribution in [1.29, 1.82) is 0 Å². The Hall–Kier alpha value is -3.02. The van der Waals surface area contributed by atoms with Gasteiger partial charge in [-0.25, -0.2) is 9.98 Å². The van der Waals surface area contributed by atoms with E-state index >= 15 is 0 Å². The lowest BCUT2D eigenvalue weighted by Crippen LogP contribution is -2.49. The van der Waals surface area contributed by atoms with Gasteiger partial charge in [0.05, 0.1) is 0 Å². The Morgan fingerprint density at radius 1 is 0.381 bits per heavy atom. The molecule has 0 N–H and O–H groups in total. The van der Waals surface area contributed by atoms with Gasteiger partial charge in [0.1, 0.15) is 12.1 Å². The molecule has 0 aliphatic carbocycles. The number of hydrogen-bond acceptors (Lipinski definition) is 2. The van der Waals surface area contributed by atoms with Crippen LogP contribution in [0, 0.1) is 0 Å². The van der Waals surface area contributed by atoms with Gasteiger partial charge in [-0.2, -0.15) is 0 Å². The Morgan fingerprint density at radius 3 is 0.905 bits per heavy atom. The minimum absolute atomic E-state index is 0.0861. The van der Waals surface area contributed by atoms with Crippen LogP contribution in [0.2, 0.25) is 0 Å². The molecule has 42 heavy (non-hydrogen) atoms. The van der Waals surface area contributed by atoms with Gasteiger partial charge in [-0.05, 0) is 88.2 Å². The minimum Gasteiger partial charge on any atom is -0.343 e. The third-order valence-corrected chi connectivity index (χ3v) is 9.65. The van der Waals surface area contributed by atoms with Crippen LogP contribution in [-0.4, -0.2) is 83.9 Å². The van der Waals surface area contributed by atoms with Crippen molar-refractivity contribution in [3.05, 3.63) is 71.8 Å². The highest BCUT2D eigenvalue weighted by molar-refractivity contribution is 5.82. The zero-order valence-electron chi connectivity index (χ0n) is 25.8. The zero-order chi connectivity index (χ0) is 28.4. The number of likely N-dealkylation sites (tertiary alicyclic amines) is 4. The lowest BCUT2D eigenvalue weighted by Gasteiger charge is -2.40. The van der Waals surface area contributed by atoms with Crippen molar-refractivity contribution in [2.75, 3.05) is 52.4 Å². The summed E-state index contributed by atoms with van der Waals surface area (Å²) < 4.78 is 0. The number of rotatable bonds is 5. The summed E-state index contributed by atoms with van der Waals surface area (Å²) >= 11 is 0. The lowest BCUT2D eigenvalue weighted by atomic mass is 9.94. The fraction of sp³-hybridized carbons (Fsp3) is 0.611. The Morgan fingerprint density at radius 2 is 0.643 bits per heavy atom. The number of hydrogen-bond donors (Lipinski definition) is 0. The van der Waals surface area contributed by atoms with Crippen LogP contribution in [0.5, 0.6) is 0 Å². The first-order valence-electron chi connectivity index (χ1n) is 17.1. The fourth-order valence-electron chi connectivity index (χ4n) is 7.31. The van der Waals surface area contributed by atoms with Gasteiger partial charge in [0, 0.05) is 52.4 Å². The van der Waals surface area contributed by atoms with Crippen LogP contribution < -0.4 is 0 Å². The molecule has 0 aromatic heterocycles. The number of guanidine groups is 2. The number of aliphatic imine (C=N–C) groups is 2. The molecule has 226 valence electrons. The van der Waals surface area contributed by atoms with E-state index in [1.807, 2.05) is 0 Å². The van der Waals surface area contributed by atoms with E-state index in [-0.39, 0.29) is 12.1 Å². The average molecular weight is 569 g/mol. The maximum atomic E-state index is 5.84. The van der Waals surface area contributed by atoms with E-state index in [2.05, 4.69) is 80.3 Å². The van der Waals surface area contributed by atoms with Crippen LogP contribution in [0.25, 0.3) is 0 Å². The molecule has 4 heterocycles. The second-order valence-corrected chi connectivity index (χ2v) is 12.8. The highest BCUT2D eigenvalue weighted by Gasteiger charge is 2.32. The fourth-order valence-corrected chi connectivity index (χ4v) is 7.31. The van der Waals surface area contributed by atoms with Gasteiger partial charge in [0.25, 0.3) is 0 Å². The van der Waals surface area contributed by atoms with Gasteiger partial charge >= 0.3 is 0 Å². The first-order valence-corrected chi connectivity index (χ1v) is 17.1. The van der Waals surface area contributed by atoms with Crippen LogP contribution in [-0.2, 0) is 0 Å². The maximum absolute atomic E-state index is 5.84. The van der Waals surface area contributed by atoms with E-state index in [0.717, 1.165) is 52.4 Å². The van der Waals surface area contributed by atoms with Crippen molar-refractivity contribution >= 4 is 11.9 Å². The van der Waals surface area contributed by atoms with Crippen LogP contribution >= 0.6 is 0 Å². The van der Waals surface area contributed by atoms with E-state index in [0.29, 0.717) is 0 Å². The highest BCUT2D eigenvalue weighted by Crippen LogP contribution is 2.37. The third-order valence-electron chi connectivity index (χ3n) is 9.65. The molecule has 4 fully saturated rings. The topological polar surface area (TPSA) is 37.7 Å². The van der Waals surface area contributed by atoms with E-state index in [4.69, 9.17) is 9.98 Å². The number of nitrogens with zero attached hydrogens (tertiary/aromatic N) is 6. The minimum atomic E-state index is -0.0861. The molecule has 4 aliphatic heterocycles. The largest absolute Gasteiger partial charge is 0.343 e. The van der Waals surface area contributed by atoms with E-state index in [1.165, 1.54) is 100 Å². The first-order chi connectivity index (χ1) is 20.9. The smallest absolute Gasteiger partial charge is 0.197 e. The molecule has 2 aromatic carbocycles. The summed E-state index contributed by atoms with van der Waals surface area (Å²) in [6.45, 7) is 8.91. The number of benzene rings is 2. The molecule has 6 rings (SSSR count). The maximum Gasteiger partial charge on any atom is 0.197 e.